The van der Waals surface area contributed by atoms with Crippen molar-refractivity contribution >= 4 is 21.7 Å². The first-order valence-corrected chi connectivity index (χ1v) is 11.6. The molecule has 2 aromatic rings. The van der Waals surface area contributed by atoms with Gasteiger partial charge in [0.1, 0.15) is 0 Å². The Morgan fingerprint density at radius 2 is 1.74 bits per heavy atom. The van der Waals surface area contributed by atoms with Crippen molar-refractivity contribution in [2.45, 2.75) is 37.5 Å². The van der Waals surface area contributed by atoms with E-state index < -0.39 is 16.0 Å². The standard InChI is InChI=1S/C22H30N2O6S/c1-4-5-6-12-23-19-9-8-17(15-18(19)22(25)26)31(27,28)24-13-11-16-7-10-20(29-2)21(14-16)30-3/h7-10,14-15,23-24H,4-6,11-13H2,1-3H3,(H,25,26). The minimum absolute atomic E-state index is 0.0701. The molecule has 0 saturated carbocycles. The Morgan fingerprint density at radius 1 is 1.00 bits per heavy atom. The van der Waals surface area contributed by atoms with Crippen molar-refractivity contribution in [1.29, 1.82) is 0 Å². The van der Waals surface area contributed by atoms with Crippen molar-refractivity contribution in [3.63, 3.8) is 0 Å². The first kappa shape index (κ1) is 24.5. The van der Waals surface area contributed by atoms with E-state index >= 15 is 0 Å². The lowest BCUT2D eigenvalue weighted by molar-refractivity contribution is 0.0697. The summed E-state index contributed by atoms with van der Waals surface area (Å²) in [5.41, 5.74) is 1.21. The third-order valence-electron chi connectivity index (χ3n) is 4.78. The van der Waals surface area contributed by atoms with Gasteiger partial charge in [0.25, 0.3) is 0 Å². The molecule has 0 spiro atoms. The van der Waals surface area contributed by atoms with Crippen LogP contribution in [0.25, 0.3) is 0 Å². The molecular weight excluding hydrogens is 420 g/mol. The van der Waals surface area contributed by atoms with E-state index in [-0.39, 0.29) is 17.0 Å². The average Bonchev–Trinajstić information content (AvgIpc) is 2.76. The summed E-state index contributed by atoms with van der Waals surface area (Å²) in [6.45, 7) is 2.86. The number of methoxy groups -OCH3 is 2. The number of carboxylic acid groups (broad SMARTS) is 1. The van der Waals surface area contributed by atoms with Crippen LogP contribution in [0.2, 0.25) is 0 Å². The second-order valence-electron chi connectivity index (χ2n) is 6.98. The summed E-state index contributed by atoms with van der Waals surface area (Å²) in [4.78, 5) is 11.5. The summed E-state index contributed by atoms with van der Waals surface area (Å²) >= 11 is 0. The quantitative estimate of drug-likeness (QED) is 0.400. The molecule has 0 heterocycles. The van der Waals surface area contributed by atoms with Crippen LogP contribution in [-0.4, -0.2) is 46.8 Å². The topological polar surface area (TPSA) is 114 Å². The zero-order valence-electron chi connectivity index (χ0n) is 18.1. The Bertz CT molecular complexity index is 991. The van der Waals surface area contributed by atoms with Gasteiger partial charge < -0.3 is 19.9 Å². The van der Waals surface area contributed by atoms with E-state index in [0.29, 0.717) is 30.2 Å². The summed E-state index contributed by atoms with van der Waals surface area (Å²) in [6.07, 6.45) is 3.43. The number of rotatable bonds is 13. The van der Waals surface area contributed by atoms with Crippen molar-refractivity contribution in [2.75, 3.05) is 32.6 Å². The van der Waals surface area contributed by atoms with Gasteiger partial charge in [-0.3, -0.25) is 0 Å². The third kappa shape index (κ3) is 6.86. The van der Waals surface area contributed by atoms with Crippen LogP contribution in [0.1, 0.15) is 42.1 Å². The van der Waals surface area contributed by atoms with Gasteiger partial charge in [-0.2, -0.15) is 0 Å². The fraction of sp³-hybridized carbons (Fsp3) is 0.409. The lowest BCUT2D eigenvalue weighted by atomic mass is 10.1. The number of carbonyl (C=O) groups is 1. The number of unbranched alkanes of at least 4 members (excludes halogenated alkanes) is 2. The highest BCUT2D eigenvalue weighted by atomic mass is 32.2. The van der Waals surface area contributed by atoms with Crippen molar-refractivity contribution in [3.8, 4) is 11.5 Å². The van der Waals surface area contributed by atoms with Crippen LogP contribution in [-0.2, 0) is 16.4 Å². The molecule has 2 rings (SSSR count). The van der Waals surface area contributed by atoms with Gasteiger partial charge in [-0.1, -0.05) is 25.8 Å². The van der Waals surface area contributed by atoms with Crippen molar-refractivity contribution in [3.05, 3.63) is 47.5 Å². The van der Waals surface area contributed by atoms with Crippen LogP contribution in [0.15, 0.2) is 41.3 Å². The molecule has 0 aliphatic heterocycles. The number of benzene rings is 2. The fourth-order valence-electron chi connectivity index (χ4n) is 3.07. The van der Waals surface area contributed by atoms with Crippen molar-refractivity contribution in [1.82, 2.24) is 4.72 Å². The van der Waals surface area contributed by atoms with Crippen LogP contribution >= 0.6 is 0 Å². The maximum atomic E-state index is 12.7. The first-order valence-electron chi connectivity index (χ1n) is 10.1. The lowest BCUT2D eigenvalue weighted by Gasteiger charge is -2.13. The second-order valence-corrected chi connectivity index (χ2v) is 8.75. The number of sulfonamides is 1. The van der Waals surface area contributed by atoms with E-state index in [1.165, 1.54) is 25.3 Å². The highest BCUT2D eigenvalue weighted by Crippen LogP contribution is 2.27. The molecule has 0 unspecified atom stereocenters. The minimum Gasteiger partial charge on any atom is -0.493 e. The number of hydrogen-bond donors (Lipinski definition) is 3. The third-order valence-corrected chi connectivity index (χ3v) is 6.24. The van der Waals surface area contributed by atoms with Crippen LogP contribution in [0, 0.1) is 0 Å². The van der Waals surface area contributed by atoms with E-state index in [2.05, 4.69) is 17.0 Å². The van der Waals surface area contributed by atoms with Crippen molar-refractivity contribution in [2.24, 2.45) is 0 Å². The molecule has 31 heavy (non-hydrogen) atoms. The molecule has 8 nitrogen and oxygen atoms in total. The molecular formula is C22H30N2O6S. The predicted octanol–water partition coefficient (Wildman–Crippen LogP) is 3.53. The Hall–Kier alpha value is -2.78. The molecule has 170 valence electrons. The number of carboxylic acids is 1. The van der Waals surface area contributed by atoms with Crippen LogP contribution < -0.4 is 19.5 Å². The van der Waals surface area contributed by atoms with Crippen LogP contribution in [0.5, 0.6) is 11.5 Å². The first-order chi connectivity index (χ1) is 14.8. The Morgan fingerprint density at radius 3 is 2.39 bits per heavy atom. The number of nitrogens with one attached hydrogen (secondary N) is 2. The lowest BCUT2D eigenvalue weighted by Crippen LogP contribution is -2.26. The van der Waals surface area contributed by atoms with Gasteiger partial charge in [0.15, 0.2) is 11.5 Å². The minimum atomic E-state index is -3.86. The van der Waals surface area contributed by atoms with E-state index in [1.54, 1.807) is 19.2 Å². The van der Waals surface area contributed by atoms with E-state index in [4.69, 9.17) is 9.47 Å². The molecule has 0 atom stereocenters. The highest BCUT2D eigenvalue weighted by Gasteiger charge is 2.19. The zero-order valence-corrected chi connectivity index (χ0v) is 18.9. The number of hydrogen-bond acceptors (Lipinski definition) is 6. The van der Waals surface area contributed by atoms with Gasteiger partial charge in [0, 0.05) is 18.8 Å². The molecule has 0 radical (unpaired) electrons. The van der Waals surface area contributed by atoms with Gasteiger partial charge in [-0.05, 0) is 48.7 Å². The zero-order chi connectivity index (χ0) is 22.9. The largest absolute Gasteiger partial charge is 0.493 e. The normalized spacial score (nSPS) is 11.2. The fourth-order valence-corrected chi connectivity index (χ4v) is 4.13. The predicted molar refractivity (Wildman–Crippen MR) is 120 cm³/mol. The Kier molecular flexibility index (Phi) is 9.14. The molecule has 0 amide bonds. The van der Waals surface area contributed by atoms with Crippen LogP contribution in [0.3, 0.4) is 0 Å². The van der Waals surface area contributed by atoms with E-state index in [1.807, 2.05) is 6.07 Å². The smallest absolute Gasteiger partial charge is 0.337 e. The monoisotopic (exact) mass is 450 g/mol. The molecule has 0 fully saturated rings. The number of ether oxygens (including phenoxy) is 2. The van der Waals surface area contributed by atoms with Gasteiger partial charge in [0.2, 0.25) is 10.0 Å². The molecule has 0 aliphatic rings. The molecule has 9 heteroatoms. The van der Waals surface area contributed by atoms with Gasteiger partial charge in [0.05, 0.1) is 24.7 Å². The molecule has 3 N–H and O–H groups in total. The molecule has 0 saturated heterocycles. The number of aromatic carboxylic acids is 1. The Labute approximate surface area is 183 Å². The summed E-state index contributed by atoms with van der Waals surface area (Å²) in [5.74, 6) is -0.0206. The summed E-state index contributed by atoms with van der Waals surface area (Å²) in [7, 11) is -0.779. The second kappa shape index (κ2) is 11.6. The van der Waals surface area contributed by atoms with Gasteiger partial charge in [-0.15, -0.1) is 0 Å². The molecule has 0 aliphatic carbocycles. The maximum absolute atomic E-state index is 12.7. The molecule has 0 bridgehead atoms. The maximum Gasteiger partial charge on any atom is 0.337 e. The van der Waals surface area contributed by atoms with E-state index in [9.17, 15) is 18.3 Å². The average molecular weight is 451 g/mol. The Balaban J connectivity index is 2.07. The molecule has 0 aromatic heterocycles. The van der Waals surface area contributed by atoms with E-state index in [0.717, 1.165) is 24.8 Å². The molecule has 2 aromatic carbocycles. The summed E-state index contributed by atoms with van der Waals surface area (Å²) < 4.78 is 38.3. The van der Waals surface area contributed by atoms with Gasteiger partial charge >= 0.3 is 5.97 Å². The highest BCUT2D eigenvalue weighted by molar-refractivity contribution is 7.89. The summed E-state index contributed by atoms with van der Waals surface area (Å²) in [5, 5.41) is 12.6. The van der Waals surface area contributed by atoms with Crippen molar-refractivity contribution < 1.29 is 27.8 Å². The van der Waals surface area contributed by atoms with Gasteiger partial charge in [-0.25, -0.2) is 17.9 Å². The van der Waals surface area contributed by atoms with Crippen LogP contribution in [0.4, 0.5) is 5.69 Å². The summed E-state index contributed by atoms with van der Waals surface area (Å²) in [6, 6.07) is 9.47. The number of anilines is 1. The SMILES string of the molecule is CCCCCNc1ccc(S(=O)(=O)NCCc2ccc(OC)c(OC)c2)cc1C(=O)O.